The molecular weight excluding hydrogens is 977 g/mol. The van der Waals surface area contributed by atoms with Gasteiger partial charge in [-0.2, -0.15) is 0 Å². The molecule has 0 saturated carbocycles. The number of hydrogen-bond donors (Lipinski definition) is 0. The smallest absolute Gasteiger partial charge is 0.0939 e. The molecule has 5 heteroatoms. The number of aromatic nitrogens is 4. The zero-order valence-electron chi connectivity index (χ0n) is 45.0. The van der Waals surface area contributed by atoms with E-state index in [1.807, 2.05) is 11.8 Å². The van der Waals surface area contributed by atoms with Gasteiger partial charge in [0.2, 0.25) is 0 Å². The van der Waals surface area contributed by atoms with E-state index in [0.29, 0.717) is 0 Å². The highest BCUT2D eigenvalue weighted by Gasteiger charge is 2.56. The van der Waals surface area contributed by atoms with Crippen molar-refractivity contribution in [3.63, 3.8) is 0 Å². The molecule has 0 fully saturated rings. The second-order valence-corrected chi connectivity index (χ2v) is 25.6. The minimum absolute atomic E-state index is 0.00420. The molecule has 9 aromatic carbocycles. The molecule has 4 aliphatic rings. The Balaban J connectivity index is 0.993. The molecule has 0 unspecified atom stereocenters. The van der Waals surface area contributed by atoms with E-state index in [2.05, 4.69) is 269 Å². The van der Waals surface area contributed by atoms with Crippen LogP contribution in [0.3, 0.4) is 0 Å². The van der Waals surface area contributed by atoms with Crippen molar-refractivity contribution in [2.24, 2.45) is 0 Å². The van der Waals surface area contributed by atoms with E-state index in [1.54, 1.807) is 0 Å². The van der Waals surface area contributed by atoms with Crippen LogP contribution in [0.5, 0.6) is 0 Å². The van der Waals surface area contributed by atoms with Crippen LogP contribution in [0.4, 0.5) is 0 Å². The van der Waals surface area contributed by atoms with Crippen LogP contribution < -0.4 is 0 Å². The Bertz CT molecular complexity index is 4630. The Morgan fingerprint density at radius 1 is 0.329 bits per heavy atom. The predicted octanol–water partition coefficient (Wildman–Crippen LogP) is 18.4. The molecule has 1 aliphatic heterocycles. The van der Waals surface area contributed by atoms with Crippen LogP contribution in [0, 0.1) is 0 Å². The van der Waals surface area contributed by atoms with Crippen LogP contribution in [0.2, 0.25) is 0 Å². The van der Waals surface area contributed by atoms with Gasteiger partial charge in [-0.3, -0.25) is 9.97 Å². The van der Waals surface area contributed by atoms with Crippen molar-refractivity contribution in [3.8, 4) is 45.0 Å². The molecule has 4 nitrogen and oxygen atoms in total. The van der Waals surface area contributed by atoms with Crippen molar-refractivity contribution in [2.45, 2.75) is 73.0 Å². The lowest BCUT2D eigenvalue weighted by molar-refractivity contribution is 0.591. The lowest BCUT2D eigenvalue weighted by atomic mass is 9.66. The van der Waals surface area contributed by atoms with Gasteiger partial charge in [0.15, 0.2) is 0 Å². The number of fused-ring (bicyclic) bond motifs is 25. The van der Waals surface area contributed by atoms with Crippen LogP contribution in [0.15, 0.2) is 228 Å². The fraction of sp³-hybridized carbons (Fsp3) is 0.135. The van der Waals surface area contributed by atoms with Crippen molar-refractivity contribution < 1.29 is 0 Å². The van der Waals surface area contributed by atoms with E-state index < -0.39 is 10.8 Å². The number of benzene rings is 9. The van der Waals surface area contributed by atoms with Gasteiger partial charge in [0.25, 0.3) is 0 Å². The largest absolute Gasteiger partial charge is 0.308 e. The normalized spacial score (nSPS) is 14.9. The van der Waals surface area contributed by atoms with E-state index in [9.17, 15) is 0 Å². The molecule has 0 saturated heterocycles. The highest BCUT2D eigenvalue weighted by atomic mass is 32.2. The predicted molar refractivity (Wildman–Crippen MR) is 326 cm³/mol. The van der Waals surface area contributed by atoms with E-state index in [1.165, 1.54) is 109 Å². The van der Waals surface area contributed by atoms with Gasteiger partial charge in [0.1, 0.15) is 0 Å². The number of rotatable bonds is 2. The van der Waals surface area contributed by atoms with Gasteiger partial charge in [-0.05, 0) is 144 Å². The van der Waals surface area contributed by atoms with E-state index in [4.69, 9.17) is 9.97 Å². The Hall–Kier alpha value is -8.77. The molecule has 0 radical (unpaired) electrons. The molecule has 0 atom stereocenters. The van der Waals surface area contributed by atoms with Crippen molar-refractivity contribution in [3.05, 3.63) is 274 Å². The summed E-state index contributed by atoms with van der Waals surface area (Å²) in [6.07, 6.45) is 4.20. The number of nitrogens with zero attached hydrogens (tertiary/aromatic N) is 4. The first kappa shape index (κ1) is 45.3. The molecule has 79 heavy (non-hydrogen) atoms. The molecule has 376 valence electrons. The summed E-state index contributed by atoms with van der Waals surface area (Å²) in [7, 11) is 0. The zero-order valence-corrected chi connectivity index (χ0v) is 45.8. The third kappa shape index (κ3) is 5.75. The summed E-state index contributed by atoms with van der Waals surface area (Å²) in [6, 6.07) is 78.7. The Kier molecular flexibility index (Phi) is 8.88. The van der Waals surface area contributed by atoms with Crippen molar-refractivity contribution in [2.75, 3.05) is 0 Å². The van der Waals surface area contributed by atoms with Gasteiger partial charge in [0, 0.05) is 42.5 Å². The minimum Gasteiger partial charge on any atom is -0.308 e. The van der Waals surface area contributed by atoms with Gasteiger partial charge < -0.3 is 9.13 Å². The molecular formula is C74H54N4S. The summed E-state index contributed by atoms with van der Waals surface area (Å²) in [6.45, 7) is 13.8. The Morgan fingerprint density at radius 3 is 1.25 bits per heavy atom. The quantitative estimate of drug-likeness (QED) is 0.173. The van der Waals surface area contributed by atoms with Gasteiger partial charge in [-0.1, -0.05) is 193 Å². The van der Waals surface area contributed by atoms with Crippen LogP contribution >= 0.6 is 11.8 Å². The molecule has 3 aliphatic carbocycles. The second kappa shape index (κ2) is 15.5. The van der Waals surface area contributed by atoms with E-state index >= 15 is 0 Å². The average molecular weight is 1030 g/mol. The fourth-order valence-electron chi connectivity index (χ4n) is 14.9. The summed E-state index contributed by atoms with van der Waals surface area (Å²) in [4.78, 5) is 13.8. The summed E-state index contributed by atoms with van der Waals surface area (Å²) < 4.78 is 4.90. The third-order valence-electron chi connectivity index (χ3n) is 18.4. The summed E-state index contributed by atoms with van der Waals surface area (Å²) in [5.74, 6) is 0. The third-order valence-corrected chi connectivity index (χ3v) is 19.5. The molecule has 0 N–H and O–H groups in total. The number of pyridine rings is 2. The second-order valence-electron chi connectivity index (χ2n) is 24.5. The first-order valence-electron chi connectivity index (χ1n) is 27.8. The topological polar surface area (TPSA) is 35.6 Å². The monoisotopic (exact) mass is 1030 g/mol. The Labute approximate surface area is 464 Å². The molecule has 17 rings (SSSR count). The molecule has 2 spiro atoms. The summed E-state index contributed by atoms with van der Waals surface area (Å²) in [5.41, 5.74) is 25.2. The molecule has 0 bridgehead atoms. The summed E-state index contributed by atoms with van der Waals surface area (Å²) >= 11 is 1.91. The highest BCUT2D eigenvalue weighted by Crippen LogP contribution is 2.67. The highest BCUT2D eigenvalue weighted by molar-refractivity contribution is 7.99. The average Bonchev–Trinajstić information content (AvgIpc) is 3.02. The first-order chi connectivity index (χ1) is 38.4. The zero-order chi connectivity index (χ0) is 52.9. The molecule has 13 aromatic rings. The minimum atomic E-state index is -0.824. The number of hydrogen-bond acceptors (Lipinski definition) is 3. The van der Waals surface area contributed by atoms with Crippen LogP contribution in [-0.2, 0) is 21.7 Å². The van der Waals surface area contributed by atoms with Crippen LogP contribution in [-0.4, -0.2) is 19.1 Å². The van der Waals surface area contributed by atoms with E-state index in [-0.39, 0.29) is 10.8 Å². The first-order valence-corrected chi connectivity index (χ1v) is 28.6. The van der Waals surface area contributed by atoms with Crippen molar-refractivity contribution in [1.29, 1.82) is 0 Å². The SMILES string of the molecule is CC(C)(C)c1ccc2c(c1)c1ccccc1n2-c1cnc2c(c1)C1(c3ccccc3Sc3cc4c(cc31)-c1ccccc1C41c3ccccc3-c3ccccc31)c1cc(-n3c4ccccc4c4cc(C(C)(C)C)ccc43)cnc1-2. The maximum atomic E-state index is 5.67. The van der Waals surface area contributed by atoms with Crippen LogP contribution in [0.25, 0.3) is 88.6 Å². The Morgan fingerprint density at radius 2 is 0.747 bits per heavy atom. The van der Waals surface area contributed by atoms with Gasteiger partial charge in [-0.15, -0.1) is 0 Å². The van der Waals surface area contributed by atoms with Crippen LogP contribution in [0.1, 0.15) is 97.2 Å². The van der Waals surface area contributed by atoms with Gasteiger partial charge in [0.05, 0.1) is 68.1 Å². The van der Waals surface area contributed by atoms with Gasteiger partial charge >= 0.3 is 0 Å². The standard InChI is InChI=1S/C74H54N4S/c1-71(2,3)43-31-33-65-53(35-43)50-22-10-16-28-63(50)77(65)45-37-61-69(75-41-45)70-62(38-46(42-76-70)78-64-29-17-11-23-51(64)54-36-44(72(4,5)6)32-34-66(54)78)74(61)58-27-15-18-30-67(58)79-68-40-59-52(39-60(68)74)49-21-9-14-26-57(49)73(59)55-24-12-7-19-47(55)48-20-8-13-25-56(48)73/h7-42H,1-6H3. The van der Waals surface area contributed by atoms with Crippen molar-refractivity contribution >= 4 is 55.4 Å². The van der Waals surface area contributed by atoms with E-state index in [0.717, 1.165) is 44.9 Å². The molecule has 5 heterocycles. The summed E-state index contributed by atoms with van der Waals surface area (Å²) in [5, 5.41) is 4.96. The maximum absolute atomic E-state index is 5.67. The number of para-hydroxylation sites is 2. The lowest BCUT2D eigenvalue weighted by Gasteiger charge is -2.40. The molecule has 0 amide bonds. The van der Waals surface area contributed by atoms with Crippen molar-refractivity contribution in [1.82, 2.24) is 19.1 Å². The fourth-order valence-corrected chi connectivity index (χ4v) is 16.1. The maximum Gasteiger partial charge on any atom is 0.0939 e. The molecule has 4 aromatic heterocycles. The van der Waals surface area contributed by atoms with Gasteiger partial charge in [-0.25, -0.2) is 0 Å². The lowest BCUT2D eigenvalue weighted by Crippen LogP contribution is -2.33.